The molecule has 0 bridgehead atoms. The predicted octanol–water partition coefficient (Wildman–Crippen LogP) is 2.14. The van der Waals surface area contributed by atoms with Crippen molar-refractivity contribution < 1.29 is 9.00 Å². The van der Waals surface area contributed by atoms with Gasteiger partial charge in [-0.1, -0.05) is 15.9 Å². The van der Waals surface area contributed by atoms with Crippen molar-refractivity contribution in [1.29, 1.82) is 0 Å². The second kappa shape index (κ2) is 8.54. The highest BCUT2D eigenvalue weighted by atomic mass is 79.9. The summed E-state index contributed by atoms with van der Waals surface area (Å²) in [5.41, 5.74) is 5.53. The second-order valence-corrected chi connectivity index (χ2v) is 7.18. The van der Waals surface area contributed by atoms with E-state index in [0.29, 0.717) is 25.1 Å². The minimum atomic E-state index is -1.05. The van der Waals surface area contributed by atoms with Gasteiger partial charge in [0.05, 0.1) is 10.8 Å². The number of nitrogens with two attached hydrogens (primary N) is 1. The van der Waals surface area contributed by atoms with Gasteiger partial charge < -0.3 is 10.6 Å². The van der Waals surface area contributed by atoms with E-state index in [1.165, 1.54) is 0 Å². The fraction of sp³-hybridized carbons (Fsp3) is 0.500. The Morgan fingerprint density at radius 2 is 2.00 bits per heavy atom. The number of likely N-dealkylation sites (N-methyl/N-ethyl adjacent to an activating group) is 1. The fourth-order valence-corrected chi connectivity index (χ4v) is 2.99. The second-order valence-electron chi connectivity index (χ2n) is 4.70. The zero-order chi connectivity index (χ0) is 15.1. The van der Waals surface area contributed by atoms with Crippen molar-refractivity contribution in [3.05, 3.63) is 28.7 Å². The van der Waals surface area contributed by atoms with E-state index in [0.717, 1.165) is 9.37 Å². The van der Waals surface area contributed by atoms with E-state index < -0.39 is 10.8 Å². The van der Waals surface area contributed by atoms with E-state index >= 15 is 0 Å². The van der Waals surface area contributed by atoms with Crippen molar-refractivity contribution in [2.75, 3.05) is 19.3 Å². The van der Waals surface area contributed by atoms with Gasteiger partial charge in [-0.2, -0.15) is 0 Å². The molecular weight excluding hydrogens is 340 g/mol. The Morgan fingerprint density at radius 1 is 1.40 bits per heavy atom. The standard InChI is InChI=1S/C14H21BrN2O2S/c1-11(10-16)17(2)14(18)4-3-9-20(19)13-7-5-12(15)6-8-13/h5-8,11H,3-4,9-10,16H2,1-2H3. The molecule has 0 aliphatic rings. The average Bonchev–Trinajstić information content (AvgIpc) is 2.45. The van der Waals surface area contributed by atoms with Crippen LogP contribution in [0.5, 0.6) is 0 Å². The van der Waals surface area contributed by atoms with Crippen LogP contribution >= 0.6 is 15.9 Å². The third-order valence-electron chi connectivity index (χ3n) is 3.19. The van der Waals surface area contributed by atoms with Crippen molar-refractivity contribution in [1.82, 2.24) is 4.90 Å². The number of benzene rings is 1. The number of carbonyl (C=O) groups excluding carboxylic acids is 1. The number of hydrogen-bond acceptors (Lipinski definition) is 3. The number of rotatable bonds is 7. The van der Waals surface area contributed by atoms with Crippen LogP contribution in [0.1, 0.15) is 19.8 Å². The topological polar surface area (TPSA) is 63.4 Å². The largest absolute Gasteiger partial charge is 0.342 e. The molecule has 0 spiro atoms. The van der Waals surface area contributed by atoms with Crippen LogP contribution in [0.2, 0.25) is 0 Å². The van der Waals surface area contributed by atoms with Crippen molar-refractivity contribution in [3.8, 4) is 0 Å². The molecule has 0 heterocycles. The molecule has 0 fully saturated rings. The quantitative estimate of drug-likeness (QED) is 0.809. The molecule has 2 unspecified atom stereocenters. The van der Waals surface area contributed by atoms with Crippen LogP contribution in [-0.2, 0) is 15.6 Å². The van der Waals surface area contributed by atoms with Gasteiger partial charge in [-0.3, -0.25) is 9.00 Å². The summed E-state index contributed by atoms with van der Waals surface area (Å²) >= 11 is 3.34. The number of nitrogens with zero attached hydrogens (tertiary/aromatic N) is 1. The molecule has 0 aromatic heterocycles. The Kier molecular flexibility index (Phi) is 7.40. The van der Waals surface area contributed by atoms with Gasteiger partial charge in [-0.05, 0) is 37.6 Å². The van der Waals surface area contributed by atoms with Gasteiger partial charge >= 0.3 is 0 Å². The molecule has 6 heteroatoms. The number of amides is 1. The molecule has 0 saturated heterocycles. The van der Waals surface area contributed by atoms with E-state index in [2.05, 4.69) is 15.9 Å². The zero-order valence-electron chi connectivity index (χ0n) is 11.8. The van der Waals surface area contributed by atoms with Crippen LogP contribution in [0, 0.1) is 0 Å². The molecule has 112 valence electrons. The van der Waals surface area contributed by atoms with Crippen LogP contribution in [-0.4, -0.2) is 40.4 Å². The molecule has 2 N–H and O–H groups in total. The average molecular weight is 361 g/mol. The van der Waals surface area contributed by atoms with Gasteiger partial charge in [0.1, 0.15) is 0 Å². The SMILES string of the molecule is CC(CN)N(C)C(=O)CCCS(=O)c1ccc(Br)cc1. The summed E-state index contributed by atoms with van der Waals surface area (Å²) in [5.74, 6) is 0.550. The van der Waals surface area contributed by atoms with Crippen LogP contribution in [0.25, 0.3) is 0 Å². The van der Waals surface area contributed by atoms with Crippen molar-refractivity contribution >= 4 is 32.6 Å². The fourth-order valence-electron chi connectivity index (χ4n) is 1.64. The normalized spacial score (nSPS) is 13.8. The van der Waals surface area contributed by atoms with Crippen LogP contribution in [0.15, 0.2) is 33.6 Å². The summed E-state index contributed by atoms with van der Waals surface area (Å²) in [7, 11) is 0.705. The molecule has 1 aromatic rings. The lowest BCUT2D eigenvalue weighted by Gasteiger charge is -2.23. The molecule has 1 amide bonds. The minimum Gasteiger partial charge on any atom is -0.342 e. The Hall–Kier alpha value is -0.720. The molecule has 20 heavy (non-hydrogen) atoms. The van der Waals surface area contributed by atoms with Crippen LogP contribution < -0.4 is 5.73 Å². The van der Waals surface area contributed by atoms with Gasteiger partial charge in [0.2, 0.25) is 5.91 Å². The summed E-state index contributed by atoms with van der Waals surface area (Å²) in [5, 5.41) is 0. The van der Waals surface area contributed by atoms with Crippen molar-refractivity contribution in [3.63, 3.8) is 0 Å². The maximum atomic E-state index is 12.0. The third kappa shape index (κ3) is 5.34. The first-order valence-corrected chi connectivity index (χ1v) is 8.66. The molecule has 1 aromatic carbocycles. The molecule has 0 saturated carbocycles. The third-order valence-corrected chi connectivity index (χ3v) is 5.18. The highest BCUT2D eigenvalue weighted by Gasteiger charge is 2.14. The summed E-state index contributed by atoms with van der Waals surface area (Å²) in [6, 6.07) is 7.46. The summed E-state index contributed by atoms with van der Waals surface area (Å²) in [4.78, 5) is 14.3. The molecule has 2 atom stereocenters. The highest BCUT2D eigenvalue weighted by Crippen LogP contribution is 2.14. The molecule has 0 aliphatic carbocycles. The Labute approximate surface area is 131 Å². The highest BCUT2D eigenvalue weighted by molar-refractivity contribution is 9.10. The Bertz CT molecular complexity index is 465. The van der Waals surface area contributed by atoms with E-state index in [4.69, 9.17) is 5.73 Å². The molecule has 0 radical (unpaired) electrons. The molecular formula is C14H21BrN2O2S. The first-order chi connectivity index (χ1) is 9.45. The molecule has 4 nitrogen and oxygen atoms in total. The lowest BCUT2D eigenvalue weighted by atomic mass is 10.2. The number of hydrogen-bond donors (Lipinski definition) is 1. The van der Waals surface area contributed by atoms with Gasteiger partial charge in [0.25, 0.3) is 0 Å². The molecule has 0 aliphatic heterocycles. The van der Waals surface area contributed by atoms with Gasteiger partial charge in [-0.25, -0.2) is 0 Å². The van der Waals surface area contributed by atoms with Crippen LogP contribution in [0.3, 0.4) is 0 Å². The lowest BCUT2D eigenvalue weighted by Crippen LogP contribution is -2.39. The zero-order valence-corrected chi connectivity index (χ0v) is 14.2. The number of carbonyl (C=O) groups is 1. The maximum Gasteiger partial charge on any atom is 0.222 e. The summed E-state index contributed by atoms with van der Waals surface area (Å²) < 4.78 is 13.0. The lowest BCUT2D eigenvalue weighted by molar-refractivity contribution is -0.131. The summed E-state index contributed by atoms with van der Waals surface area (Å²) in [6.45, 7) is 2.37. The first kappa shape index (κ1) is 17.3. The van der Waals surface area contributed by atoms with E-state index in [9.17, 15) is 9.00 Å². The van der Waals surface area contributed by atoms with Gasteiger partial charge in [-0.15, -0.1) is 0 Å². The maximum absolute atomic E-state index is 12.0. The monoisotopic (exact) mass is 360 g/mol. The smallest absolute Gasteiger partial charge is 0.222 e. The summed E-state index contributed by atoms with van der Waals surface area (Å²) in [6.07, 6.45) is 1.02. The molecule has 1 rings (SSSR count). The van der Waals surface area contributed by atoms with Crippen LogP contribution in [0.4, 0.5) is 0 Å². The van der Waals surface area contributed by atoms with Crippen molar-refractivity contribution in [2.24, 2.45) is 5.73 Å². The Morgan fingerprint density at radius 3 is 2.55 bits per heavy atom. The Balaban J connectivity index is 2.39. The van der Waals surface area contributed by atoms with Crippen molar-refractivity contribution in [2.45, 2.75) is 30.7 Å². The first-order valence-electron chi connectivity index (χ1n) is 6.55. The van der Waals surface area contributed by atoms with E-state index in [1.807, 2.05) is 31.2 Å². The van der Waals surface area contributed by atoms with Gasteiger partial charge in [0.15, 0.2) is 0 Å². The number of halogens is 1. The predicted molar refractivity (Wildman–Crippen MR) is 85.9 cm³/mol. The van der Waals surface area contributed by atoms with E-state index in [-0.39, 0.29) is 11.9 Å². The van der Waals surface area contributed by atoms with E-state index in [1.54, 1.807) is 11.9 Å². The van der Waals surface area contributed by atoms with Gasteiger partial charge in [0, 0.05) is 41.2 Å². The minimum absolute atomic E-state index is 0.0412.